The highest BCUT2D eigenvalue weighted by atomic mass is 16.1. The second-order valence-corrected chi connectivity index (χ2v) is 4.78. The normalized spacial score (nSPS) is 19.2. The lowest BCUT2D eigenvalue weighted by atomic mass is 10.1. The number of fused-ring (bicyclic) bond motifs is 1. The molecule has 0 aliphatic carbocycles. The van der Waals surface area contributed by atoms with E-state index in [0.29, 0.717) is 11.6 Å². The van der Waals surface area contributed by atoms with E-state index in [2.05, 4.69) is 10.6 Å². The molecule has 1 aliphatic rings. The Morgan fingerprint density at radius 2 is 2.33 bits per heavy atom. The third-order valence-electron chi connectivity index (χ3n) is 3.51. The lowest BCUT2D eigenvalue weighted by molar-refractivity contribution is 0.0942. The molecule has 4 nitrogen and oxygen atoms in total. The summed E-state index contributed by atoms with van der Waals surface area (Å²) in [5.41, 5.74) is 1.75. The van der Waals surface area contributed by atoms with Gasteiger partial charge in [-0.2, -0.15) is 0 Å². The SMILES string of the molecule is O=C(NCC1CCNC1)c1ccc2ccccn12. The van der Waals surface area contributed by atoms with E-state index in [9.17, 15) is 4.79 Å². The van der Waals surface area contributed by atoms with Crippen LogP contribution in [0.15, 0.2) is 36.5 Å². The summed E-state index contributed by atoms with van der Waals surface area (Å²) in [7, 11) is 0. The topological polar surface area (TPSA) is 45.5 Å². The van der Waals surface area contributed by atoms with E-state index in [4.69, 9.17) is 0 Å². The minimum atomic E-state index is 0.00750. The van der Waals surface area contributed by atoms with Gasteiger partial charge in [0.05, 0.1) is 0 Å². The lowest BCUT2D eigenvalue weighted by Crippen LogP contribution is -2.30. The number of nitrogens with one attached hydrogen (secondary N) is 2. The van der Waals surface area contributed by atoms with Gasteiger partial charge in [-0.3, -0.25) is 4.79 Å². The van der Waals surface area contributed by atoms with Gasteiger partial charge in [0.15, 0.2) is 0 Å². The van der Waals surface area contributed by atoms with Gasteiger partial charge in [-0.1, -0.05) is 6.07 Å². The lowest BCUT2D eigenvalue weighted by Gasteiger charge is -2.10. The highest BCUT2D eigenvalue weighted by Crippen LogP contribution is 2.10. The van der Waals surface area contributed by atoms with Crippen LogP contribution in [0, 0.1) is 5.92 Å². The summed E-state index contributed by atoms with van der Waals surface area (Å²) in [6.07, 6.45) is 3.07. The van der Waals surface area contributed by atoms with Crippen LogP contribution in [0.5, 0.6) is 0 Å². The molecule has 2 aromatic heterocycles. The van der Waals surface area contributed by atoms with Gasteiger partial charge in [0.25, 0.3) is 5.91 Å². The first-order valence-corrected chi connectivity index (χ1v) is 6.39. The predicted molar refractivity (Wildman–Crippen MR) is 70.7 cm³/mol. The summed E-state index contributed by atoms with van der Waals surface area (Å²) >= 11 is 0. The van der Waals surface area contributed by atoms with E-state index >= 15 is 0 Å². The van der Waals surface area contributed by atoms with Crippen LogP contribution in [0.3, 0.4) is 0 Å². The fourth-order valence-electron chi connectivity index (χ4n) is 2.46. The molecule has 0 aromatic carbocycles. The Hall–Kier alpha value is -1.81. The molecular formula is C14H17N3O. The summed E-state index contributed by atoms with van der Waals surface area (Å²) in [6.45, 7) is 2.83. The number of nitrogens with zero attached hydrogens (tertiary/aromatic N) is 1. The van der Waals surface area contributed by atoms with Crippen molar-refractivity contribution in [3.8, 4) is 0 Å². The van der Waals surface area contributed by atoms with E-state index < -0.39 is 0 Å². The molecule has 3 rings (SSSR count). The molecule has 4 heteroatoms. The zero-order valence-corrected chi connectivity index (χ0v) is 10.2. The van der Waals surface area contributed by atoms with Crippen molar-refractivity contribution in [1.82, 2.24) is 15.0 Å². The Morgan fingerprint density at radius 1 is 1.39 bits per heavy atom. The van der Waals surface area contributed by atoms with Gasteiger partial charge in [-0.05, 0) is 49.7 Å². The quantitative estimate of drug-likeness (QED) is 0.853. The highest BCUT2D eigenvalue weighted by molar-refractivity contribution is 5.94. The van der Waals surface area contributed by atoms with E-state index in [1.165, 1.54) is 0 Å². The summed E-state index contributed by atoms with van der Waals surface area (Å²) in [5, 5.41) is 6.32. The second kappa shape index (κ2) is 4.82. The van der Waals surface area contributed by atoms with Crippen molar-refractivity contribution < 1.29 is 4.79 Å². The van der Waals surface area contributed by atoms with Gasteiger partial charge >= 0.3 is 0 Å². The molecule has 2 N–H and O–H groups in total. The standard InChI is InChI=1S/C14H17N3O/c18-14(16-10-11-6-7-15-9-11)13-5-4-12-3-1-2-8-17(12)13/h1-5,8,11,15H,6-7,9-10H2,(H,16,18). The van der Waals surface area contributed by atoms with Crippen LogP contribution in [-0.2, 0) is 0 Å². The van der Waals surface area contributed by atoms with Crippen molar-refractivity contribution in [3.63, 3.8) is 0 Å². The molecule has 1 unspecified atom stereocenters. The van der Waals surface area contributed by atoms with Gasteiger partial charge in [0.1, 0.15) is 5.69 Å². The molecule has 0 spiro atoms. The first kappa shape index (κ1) is 11.3. The highest BCUT2D eigenvalue weighted by Gasteiger charge is 2.16. The number of amides is 1. The molecule has 18 heavy (non-hydrogen) atoms. The Morgan fingerprint density at radius 3 is 3.17 bits per heavy atom. The molecule has 1 fully saturated rings. The third-order valence-corrected chi connectivity index (χ3v) is 3.51. The van der Waals surface area contributed by atoms with Gasteiger partial charge in [-0.25, -0.2) is 0 Å². The smallest absolute Gasteiger partial charge is 0.268 e. The average molecular weight is 243 g/mol. The fraction of sp³-hybridized carbons (Fsp3) is 0.357. The second-order valence-electron chi connectivity index (χ2n) is 4.78. The molecule has 0 bridgehead atoms. The van der Waals surface area contributed by atoms with Crippen LogP contribution in [0.4, 0.5) is 0 Å². The molecule has 0 radical (unpaired) electrons. The number of hydrogen-bond acceptors (Lipinski definition) is 2. The van der Waals surface area contributed by atoms with Crippen molar-refractivity contribution in [2.75, 3.05) is 19.6 Å². The Bertz CT molecular complexity index is 555. The number of carbonyl (C=O) groups is 1. The number of rotatable bonds is 3. The van der Waals surface area contributed by atoms with Gasteiger partial charge in [-0.15, -0.1) is 0 Å². The number of pyridine rings is 1. The maximum absolute atomic E-state index is 12.1. The molecule has 94 valence electrons. The minimum absolute atomic E-state index is 0.00750. The first-order chi connectivity index (χ1) is 8.84. The molecule has 3 heterocycles. The summed E-state index contributed by atoms with van der Waals surface area (Å²) in [5.74, 6) is 0.577. The number of aromatic nitrogens is 1. The molecular weight excluding hydrogens is 226 g/mol. The largest absolute Gasteiger partial charge is 0.350 e. The summed E-state index contributed by atoms with van der Waals surface area (Å²) in [4.78, 5) is 12.1. The molecule has 1 amide bonds. The van der Waals surface area contributed by atoms with Gasteiger partial charge < -0.3 is 15.0 Å². The number of hydrogen-bond donors (Lipinski definition) is 2. The van der Waals surface area contributed by atoms with Crippen LogP contribution >= 0.6 is 0 Å². The van der Waals surface area contributed by atoms with Gasteiger partial charge in [0.2, 0.25) is 0 Å². The zero-order chi connectivity index (χ0) is 12.4. The van der Waals surface area contributed by atoms with Crippen molar-refractivity contribution in [3.05, 3.63) is 42.2 Å². The molecule has 1 aliphatic heterocycles. The van der Waals surface area contributed by atoms with Crippen LogP contribution in [0.25, 0.3) is 5.52 Å². The fourth-order valence-corrected chi connectivity index (χ4v) is 2.46. The molecule has 2 aromatic rings. The molecule has 0 saturated carbocycles. The Kier molecular flexibility index (Phi) is 3.02. The van der Waals surface area contributed by atoms with E-state index in [1.807, 2.05) is 40.9 Å². The van der Waals surface area contributed by atoms with Crippen LogP contribution in [-0.4, -0.2) is 29.9 Å². The van der Waals surface area contributed by atoms with E-state index in [-0.39, 0.29) is 5.91 Å². The van der Waals surface area contributed by atoms with Crippen molar-refractivity contribution in [1.29, 1.82) is 0 Å². The minimum Gasteiger partial charge on any atom is -0.350 e. The molecule has 1 saturated heterocycles. The van der Waals surface area contributed by atoms with Crippen LogP contribution in [0.2, 0.25) is 0 Å². The maximum Gasteiger partial charge on any atom is 0.268 e. The van der Waals surface area contributed by atoms with Crippen molar-refractivity contribution in [2.45, 2.75) is 6.42 Å². The predicted octanol–water partition coefficient (Wildman–Crippen LogP) is 1.28. The zero-order valence-electron chi connectivity index (χ0n) is 10.2. The van der Waals surface area contributed by atoms with E-state index in [1.54, 1.807) is 0 Å². The summed E-state index contributed by atoms with van der Waals surface area (Å²) in [6, 6.07) is 9.74. The Balaban J connectivity index is 1.71. The average Bonchev–Trinajstić information content (AvgIpc) is 3.05. The first-order valence-electron chi connectivity index (χ1n) is 6.39. The van der Waals surface area contributed by atoms with Crippen molar-refractivity contribution in [2.24, 2.45) is 5.92 Å². The molecule has 1 atom stereocenters. The van der Waals surface area contributed by atoms with E-state index in [0.717, 1.165) is 31.6 Å². The summed E-state index contributed by atoms with van der Waals surface area (Å²) < 4.78 is 1.92. The van der Waals surface area contributed by atoms with Crippen LogP contribution in [0.1, 0.15) is 16.9 Å². The number of carbonyl (C=O) groups excluding carboxylic acids is 1. The maximum atomic E-state index is 12.1. The van der Waals surface area contributed by atoms with Crippen LogP contribution < -0.4 is 10.6 Å². The van der Waals surface area contributed by atoms with Gasteiger partial charge in [0, 0.05) is 18.3 Å². The monoisotopic (exact) mass is 243 g/mol. The van der Waals surface area contributed by atoms with Crippen molar-refractivity contribution >= 4 is 11.4 Å². The third kappa shape index (κ3) is 2.11. The Labute approximate surface area is 106 Å².